The van der Waals surface area contributed by atoms with E-state index in [0.29, 0.717) is 16.3 Å². The number of anilines is 1. The fraction of sp³-hybridized carbons (Fsp3) is 0.500. The molecule has 2 N–H and O–H groups in total. The minimum Gasteiger partial charge on any atom is -0.398 e. The number of nitrogens with two attached hydrogens (primary N) is 1. The van der Waals surface area contributed by atoms with E-state index in [1.54, 1.807) is 30.1 Å². The van der Waals surface area contributed by atoms with E-state index in [0.717, 1.165) is 0 Å². The Morgan fingerprint density at radius 2 is 1.94 bits per heavy atom. The zero-order valence-electron chi connectivity index (χ0n) is 11.6. The number of rotatable bonds is 2. The first-order chi connectivity index (χ1) is 8.14. The van der Waals surface area contributed by atoms with Gasteiger partial charge in [-0.1, -0.05) is 32.4 Å². The highest BCUT2D eigenvalue weighted by atomic mass is 35.5. The number of carbonyl (C=O) groups is 1. The first-order valence-corrected chi connectivity index (χ1v) is 6.34. The molecular weight excluding hydrogens is 248 g/mol. The van der Waals surface area contributed by atoms with E-state index in [-0.39, 0.29) is 17.4 Å². The van der Waals surface area contributed by atoms with Gasteiger partial charge in [-0.15, -0.1) is 0 Å². The van der Waals surface area contributed by atoms with Gasteiger partial charge in [-0.3, -0.25) is 4.79 Å². The van der Waals surface area contributed by atoms with Gasteiger partial charge in [-0.25, -0.2) is 0 Å². The molecule has 0 aliphatic heterocycles. The Balaban J connectivity index is 3.04. The fourth-order valence-electron chi connectivity index (χ4n) is 1.66. The van der Waals surface area contributed by atoms with E-state index in [9.17, 15) is 4.79 Å². The summed E-state index contributed by atoms with van der Waals surface area (Å²) in [6.45, 7) is 8.33. The van der Waals surface area contributed by atoms with Crippen LogP contribution in [0, 0.1) is 5.41 Å². The molecule has 0 aliphatic rings. The molecule has 1 rings (SSSR count). The number of carbonyl (C=O) groups excluding carboxylic acids is 1. The van der Waals surface area contributed by atoms with Gasteiger partial charge in [-0.05, 0) is 30.5 Å². The topological polar surface area (TPSA) is 46.3 Å². The van der Waals surface area contributed by atoms with Gasteiger partial charge in [0.2, 0.25) is 0 Å². The summed E-state index contributed by atoms with van der Waals surface area (Å²) < 4.78 is 0. The average Bonchev–Trinajstić information content (AvgIpc) is 2.28. The summed E-state index contributed by atoms with van der Waals surface area (Å²) in [5.41, 5.74) is 6.76. The van der Waals surface area contributed by atoms with Crippen molar-refractivity contribution in [3.8, 4) is 0 Å². The summed E-state index contributed by atoms with van der Waals surface area (Å²) in [7, 11) is 1.79. The van der Waals surface area contributed by atoms with Gasteiger partial charge >= 0.3 is 0 Å². The van der Waals surface area contributed by atoms with Gasteiger partial charge in [0.25, 0.3) is 5.91 Å². The van der Waals surface area contributed by atoms with Crippen molar-refractivity contribution in [2.45, 2.75) is 33.7 Å². The number of hydrogen-bond acceptors (Lipinski definition) is 2. The zero-order valence-corrected chi connectivity index (χ0v) is 12.4. The number of halogens is 1. The standard InChI is InChI=1S/C14H21ClN2O/c1-9(14(2,3)4)17(5)13(18)11-8-10(15)6-7-12(11)16/h6-9H,16H2,1-5H3. The lowest BCUT2D eigenvalue weighted by Crippen LogP contribution is -2.43. The maximum absolute atomic E-state index is 12.4. The van der Waals surface area contributed by atoms with E-state index in [1.807, 2.05) is 6.92 Å². The Bertz CT molecular complexity index is 452. The van der Waals surface area contributed by atoms with Gasteiger partial charge in [0, 0.05) is 23.8 Å². The van der Waals surface area contributed by atoms with Crippen LogP contribution in [0.1, 0.15) is 38.1 Å². The van der Waals surface area contributed by atoms with Gasteiger partial charge < -0.3 is 10.6 Å². The second-order valence-electron chi connectivity index (χ2n) is 5.69. The molecule has 1 aromatic rings. The lowest BCUT2D eigenvalue weighted by molar-refractivity contribution is 0.0630. The van der Waals surface area contributed by atoms with Crippen molar-refractivity contribution >= 4 is 23.2 Å². The molecule has 0 radical (unpaired) electrons. The second kappa shape index (κ2) is 5.19. The Hall–Kier alpha value is -1.22. The van der Waals surface area contributed by atoms with Gasteiger partial charge in [0.05, 0.1) is 5.56 Å². The van der Waals surface area contributed by atoms with E-state index in [2.05, 4.69) is 20.8 Å². The monoisotopic (exact) mass is 268 g/mol. The number of nitrogens with zero attached hydrogens (tertiary/aromatic N) is 1. The fourth-order valence-corrected chi connectivity index (χ4v) is 1.83. The molecule has 0 fully saturated rings. The quantitative estimate of drug-likeness (QED) is 0.836. The van der Waals surface area contributed by atoms with Crippen LogP contribution in [0.2, 0.25) is 5.02 Å². The van der Waals surface area contributed by atoms with Crippen LogP contribution in [0.5, 0.6) is 0 Å². The molecule has 100 valence electrons. The van der Waals surface area contributed by atoms with Crippen LogP contribution >= 0.6 is 11.6 Å². The Labute approximate surface area is 114 Å². The lowest BCUT2D eigenvalue weighted by Gasteiger charge is -2.35. The Morgan fingerprint density at radius 3 is 2.44 bits per heavy atom. The molecule has 1 amide bonds. The number of hydrogen-bond donors (Lipinski definition) is 1. The lowest BCUT2D eigenvalue weighted by atomic mass is 9.87. The molecule has 1 unspecified atom stereocenters. The average molecular weight is 269 g/mol. The van der Waals surface area contributed by atoms with Crippen molar-refractivity contribution in [3.63, 3.8) is 0 Å². The third-order valence-corrected chi connectivity index (χ3v) is 3.64. The number of benzene rings is 1. The molecule has 0 saturated heterocycles. The van der Waals surface area contributed by atoms with Crippen LogP contribution in [0.3, 0.4) is 0 Å². The molecule has 0 bridgehead atoms. The van der Waals surface area contributed by atoms with Crippen LogP contribution in [-0.4, -0.2) is 23.9 Å². The Kier molecular flexibility index (Phi) is 4.28. The van der Waals surface area contributed by atoms with Crippen molar-refractivity contribution in [2.24, 2.45) is 5.41 Å². The predicted molar refractivity (Wildman–Crippen MR) is 76.9 cm³/mol. The van der Waals surface area contributed by atoms with Crippen molar-refractivity contribution in [1.29, 1.82) is 0 Å². The minimum atomic E-state index is -0.0996. The summed E-state index contributed by atoms with van der Waals surface area (Å²) in [5, 5.41) is 0.518. The van der Waals surface area contributed by atoms with E-state index < -0.39 is 0 Å². The summed E-state index contributed by atoms with van der Waals surface area (Å²) in [5.74, 6) is -0.0996. The van der Waals surface area contributed by atoms with Crippen LogP contribution in [0.15, 0.2) is 18.2 Å². The van der Waals surface area contributed by atoms with Gasteiger partial charge in [0.1, 0.15) is 0 Å². The smallest absolute Gasteiger partial charge is 0.255 e. The molecular formula is C14H21ClN2O. The number of nitrogen functional groups attached to an aromatic ring is 1. The normalized spacial score (nSPS) is 13.2. The van der Waals surface area contributed by atoms with Crippen LogP contribution < -0.4 is 5.73 Å². The highest BCUT2D eigenvalue weighted by molar-refractivity contribution is 6.31. The summed E-state index contributed by atoms with van der Waals surface area (Å²) in [6.07, 6.45) is 0. The number of amides is 1. The summed E-state index contributed by atoms with van der Waals surface area (Å²) in [6, 6.07) is 5.06. The molecule has 0 aromatic heterocycles. The molecule has 4 heteroatoms. The third-order valence-electron chi connectivity index (χ3n) is 3.40. The molecule has 0 heterocycles. The minimum absolute atomic E-state index is 0.0117. The maximum atomic E-state index is 12.4. The SMILES string of the molecule is CC(N(C)C(=O)c1cc(Cl)ccc1N)C(C)(C)C. The zero-order chi connectivity index (χ0) is 14.1. The van der Waals surface area contributed by atoms with Crippen LogP contribution in [-0.2, 0) is 0 Å². The Morgan fingerprint density at radius 1 is 1.39 bits per heavy atom. The maximum Gasteiger partial charge on any atom is 0.255 e. The molecule has 18 heavy (non-hydrogen) atoms. The van der Waals surface area contributed by atoms with E-state index in [1.165, 1.54) is 0 Å². The van der Waals surface area contributed by atoms with E-state index in [4.69, 9.17) is 17.3 Å². The van der Waals surface area contributed by atoms with Gasteiger partial charge in [0.15, 0.2) is 0 Å². The highest BCUT2D eigenvalue weighted by Crippen LogP contribution is 2.26. The molecule has 0 spiro atoms. The van der Waals surface area contributed by atoms with Crippen molar-refractivity contribution in [3.05, 3.63) is 28.8 Å². The highest BCUT2D eigenvalue weighted by Gasteiger charge is 2.28. The largest absolute Gasteiger partial charge is 0.398 e. The second-order valence-corrected chi connectivity index (χ2v) is 6.13. The van der Waals surface area contributed by atoms with Crippen LogP contribution in [0.4, 0.5) is 5.69 Å². The molecule has 0 saturated carbocycles. The molecule has 0 aliphatic carbocycles. The van der Waals surface area contributed by atoms with Crippen LogP contribution in [0.25, 0.3) is 0 Å². The molecule has 1 atom stereocenters. The summed E-state index contributed by atoms with van der Waals surface area (Å²) >= 11 is 5.91. The van der Waals surface area contributed by atoms with Crippen molar-refractivity contribution < 1.29 is 4.79 Å². The molecule has 3 nitrogen and oxygen atoms in total. The van der Waals surface area contributed by atoms with Gasteiger partial charge in [-0.2, -0.15) is 0 Å². The predicted octanol–water partition coefficient (Wildman–Crippen LogP) is 3.43. The van der Waals surface area contributed by atoms with E-state index >= 15 is 0 Å². The first kappa shape index (κ1) is 14.8. The first-order valence-electron chi connectivity index (χ1n) is 5.96. The van der Waals surface area contributed by atoms with Crippen molar-refractivity contribution in [1.82, 2.24) is 4.90 Å². The van der Waals surface area contributed by atoms with Crippen molar-refractivity contribution in [2.75, 3.05) is 12.8 Å². The third kappa shape index (κ3) is 3.16. The summed E-state index contributed by atoms with van der Waals surface area (Å²) in [4.78, 5) is 14.1. The molecule has 1 aromatic carbocycles.